The fourth-order valence-electron chi connectivity index (χ4n) is 2.69. The molecule has 1 aliphatic rings. The quantitative estimate of drug-likeness (QED) is 0.622. The number of aromatic amines is 1. The molecule has 0 aliphatic carbocycles. The van der Waals surface area contributed by atoms with Crippen LogP contribution in [-0.2, 0) is 6.54 Å². The number of nitrogens with one attached hydrogen (secondary N) is 2. The van der Waals surface area contributed by atoms with Crippen molar-refractivity contribution >= 4 is 17.5 Å². The number of rotatable bonds is 5. The second kappa shape index (κ2) is 6.48. The molecule has 0 atom stereocenters. The first-order chi connectivity index (χ1) is 13.0. The number of carbonyl (C=O) groups excluding carboxylic acids is 2. The van der Waals surface area contributed by atoms with E-state index in [4.69, 9.17) is 15.2 Å². The third-order valence-electron chi connectivity index (χ3n) is 4.06. The number of nitrogens with two attached hydrogens (primary N) is 1. The Kier molecular flexibility index (Phi) is 3.99. The molecule has 1 aliphatic heterocycles. The van der Waals surface area contributed by atoms with Crippen molar-refractivity contribution in [2.75, 3.05) is 12.1 Å². The molecule has 0 fully saturated rings. The van der Waals surface area contributed by atoms with Gasteiger partial charge in [0, 0.05) is 18.3 Å². The molecular formula is C17H16N6O4. The highest BCUT2D eigenvalue weighted by Gasteiger charge is 2.19. The summed E-state index contributed by atoms with van der Waals surface area (Å²) in [6.45, 7) is 2.57. The summed E-state index contributed by atoms with van der Waals surface area (Å²) in [5.74, 6) is 0.106. The highest BCUT2D eigenvalue weighted by Crippen LogP contribution is 2.35. The summed E-state index contributed by atoms with van der Waals surface area (Å²) in [6, 6.07) is 6.99. The monoisotopic (exact) mass is 368 g/mol. The number of benzene rings is 1. The van der Waals surface area contributed by atoms with E-state index in [1.54, 1.807) is 24.4 Å². The van der Waals surface area contributed by atoms with Crippen molar-refractivity contribution in [2.45, 2.75) is 13.5 Å². The van der Waals surface area contributed by atoms with Gasteiger partial charge in [-0.15, -0.1) is 0 Å². The fourth-order valence-corrected chi connectivity index (χ4v) is 2.69. The maximum atomic E-state index is 12.5. The van der Waals surface area contributed by atoms with Gasteiger partial charge < -0.3 is 20.5 Å². The largest absolute Gasteiger partial charge is 0.454 e. The molecule has 10 nitrogen and oxygen atoms in total. The summed E-state index contributed by atoms with van der Waals surface area (Å²) in [5.41, 5.74) is 7.12. The van der Waals surface area contributed by atoms with Crippen LogP contribution < -0.4 is 20.5 Å². The Bertz CT molecular complexity index is 1040. The number of fused-ring (bicyclic) bond motifs is 1. The molecule has 10 heteroatoms. The van der Waals surface area contributed by atoms with Crippen LogP contribution in [0.3, 0.4) is 0 Å². The van der Waals surface area contributed by atoms with Crippen molar-refractivity contribution in [3.8, 4) is 22.8 Å². The smallest absolute Gasteiger partial charge is 0.273 e. The van der Waals surface area contributed by atoms with Gasteiger partial charge in [0.15, 0.2) is 17.2 Å². The molecule has 2 aromatic heterocycles. The number of amides is 2. The number of aryl methyl sites for hydroxylation is 1. The van der Waals surface area contributed by atoms with Crippen LogP contribution in [0.4, 0.5) is 5.69 Å². The van der Waals surface area contributed by atoms with E-state index in [1.807, 2.05) is 13.0 Å². The summed E-state index contributed by atoms with van der Waals surface area (Å²) in [7, 11) is 0. The van der Waals surface area contributed by atoms with E-state index in [0.717, 1.165) is 5.56 Å². The second-order valence-corrected chi connectivity index (χ2v) is 5.80. The van der Waals surface area contributed by atoms with Gasteiger partial charge >= 0.3 is 0 Å². The topological polar surface area (TPSA) is 137 Å². The molecule has 0 unspecified atom stereocenters. The van der Waals surface area contributed by atoms with Crippen molar-refractivity contribution in [2.24, 2.45) is 5.73 Å². The van der Waals surface area contributed by atoms with Gasteiger partial charge in [0.25, 0.3) is 11.8 Å². The molecule has 4 N–H and O–H groups in total. The maximum Gasteiger partial charge on any atom is 0.273 e. The number of ether oxygens (including phenoxy) is 2. The number of hydrogen-bond acceptors (Lipinski definition) is 6. The lowest BCUT2D eigenvalue weighted by molar-refractivity contribution is 0.0995. The lowest BCUT2D eigenvalue weighted by atomic mass is 10.1. The highest BCUT2D eigenvalue weighted by molar-refractivity contribution is 6.07. The molecule has 3 aromatic rings. The summed E-state index contributed by atoms with van der Waals surface area (Å²) in [5, 5.41) is 13.5. The van der Waals surface area contributed by atoms with E-state index in [0.29, 0.717) is 23.7 Å². The first-order valence-electron chi connectivity index (χ1n) is 8.19. The number of nitrogens with zero attached hydrogens (tertiary/aromatic N) is 3. The van der Waals surface area contributed by atoms with Gasteiger partial charge in [0.1, 0.15) is 5.69 Å². The van der Waals surface area contributed by atoms with Gasteiger partial charge in [0.05, 0.1) is 11.4 Å². The molecular weight excluding hydrogens is 352 g/mol. The van der Waals surface area contributed by atoms with Crippen molar-refractivity contribution in [1.82, 2.24) is 20.0 Å². The molecule has 2 amide bonds. The Morgan fingerprint density at radius 1 is 1.30 bits per heavy atom. The minimum Gasteiger partial charge on any atom is -0.454 e. The maximum absolute atomic E-state index is 12.5. The van der Waals surface area contributed by atoms with E-state index in [2.05, 4.69) is 20.6 Å². The summed E-state index contributed by atoms with van der Waals surface area (Å²) < 4.78 is 12.1. The van der Waals surface area contributed by atoms with E-state index in [-0.39, 0.29) is 23.9 Å². The zero-order valence-electron chi connectivity index (χ0n) is 14.4. The Balaban J connectivity index is 1.56. The number of primary amides is 1. The van der Waals surface area contributed by atoms with Crippen molar-refractivity contribution in [3.63, 3.8) is 0 Å². The molecule has 3 heterocycles. The second-order valence-electron chi connectivity index (χ2n) is 5.80. The van der Waals surface area contributed by atoms with E-state index in [1.165, 1.54) is 4.68 Å². The molecule has 138 valence electrons. The Morgan fingerprint density at radius 2 is 2.11 bits per heavy atom. The summed E-state index contributed by atoms with van der Waals surface area (Å²) >= 11 is 0. The Morgan fingerprint density at radius 3 is 2.89 bits per heavy atom. The first kappa shape index (κ1) is 16.6. The third kappa shape index (κ3) is 3.08. The van der Waals surface area contributed by atoms with E-state index >= 15 is 0 Å². The molecule has 0 saturated carbocycles. The van der Waals surface area contributed by atoms with Crippen molar-refractivity contribution < 1.29 is 19.1 Å². The average Bonchev–Trinajstić information content (AvgIpc) is 3.39. The molecule has 27 heavy (non-hydrogen) atoms. The molecule has 4 rings (SSSR count). The van der Waals surface area contributed by atoms with Crippen molar-refractivity contribution in [3.05, 3.63) is 41.9 Å². The van der Waals surface area contributed by atoms with Gasteiger partial charge in [-0.3, -0.25) is 19.4 Å². The SMILES string of the molecule is CCn1cc(NC(=O)c2cc(-c3ccc4c(c3)OCO4)n[nH]2)c(C(N)=O)n1. The minimum atomic E-state index is -0.719. The molecule has 0 radical (unpaired) electrons. The van der Waals surface area contributed by atoms with Gasteiger partial charge in [0.2, 0.25) is 6.79 Å². The van der Waals surface area contributed by atoms with Gasteiger partial charge in [-0.2, -0.15) is 10.2 Å². The number of H-pyrrole nitrogens is 1. The van der Waals surface area contributed by atoms with Crippen LogP contribution in [0.25, 0.3) is 11.3 Å². The lowest BCUT2D eigenvalue weighted by Crippen LogP contribution is -2.18. The van der Waals surface area contributed by atoms with E-state index in [9.17, 15) is 9.59 Å². The Labute approximate surface area is 153 Å². The van der Waals surface area contributed by atoms with Crippen LogP contribution >= 0.6 is 0 Å². The molecule has 0 saturated heterocycles. The third-order valence-corrected chi connectivity index (χ3v) is 4.06. The first-order valence-corrected chi connectivity index (χ1v) is 8.19. The van der Waals surface area contributed by atoms with Gasteiger partial charge in [-0.25, -0.2) is 0 Å². The zero-order valence-corrected chi connectivity index (χ0v) is 14.4. The van der Waals surface area contributed by atoms with Crippen LogP contribution in [0.1, 0.15) is 27.9 Å². The molecule has 0 bridgehead atoms. The van der Waals surface area contributed by atoms with Crippen LogP contribution in [0.15, 0.2) is 30.5 Å². The van der Waals surface area contributed by atoms with Crippen LogP contribution in [-0.4, -0.2) is 38.6 Å². The molecule has 0 spiro atoms. The fraction of sp³-hybridized carbons (Fsp3) is 0.176. The van der Waals surface area contributed by atoms with Crippen LogP contribution in [0.5, 0.6) is 11.5 Å². The zero-order chi connectivity index (χ0) is 19.0. The normalized spacial score (nSPS) is 12.2. The minimum absolute atomic E-state index is 0.000657. The number of hydrogen-bond donors (Lipinski definition) is 3. The van der Waals surface area contributed by atoms with E-state index < -0.39 is 11.8 Å². The lowest BCUT2D eigenvalue weighted by Gasteiger charge is -2.01. The Hall–Kier alpha value is -3.82. The molecule has 1 aromatic carbocycles. The van der Waals surface area contributed by atoms with Gasteiger partial charge in [-0.1, -0.05) is 0 Å². The standard InChI is InChI=1S/C17H16N6O4/c1-2-23-7-12(15(22-23)16(18)24)19-17(25)11-6-10(20-21-11)9-3-4-13-14(5-9)27-8-26-13/h3-7H,2,8H2,1H3,(H2,18,24)(H,19,25)(H,20,21). The number of anilines is 1. The van der Waals surface area contributed by atoms with Crippen LogP contribution in [0.2, 0.25) is 0 Å². The highest BCUT2D eigenvalue weighted by atomic mass is 16.7. The number of aromatic nitrogens is 4. The van der Waals surface area contributed by atoms with Gasteiger partial charge in [-0.05, 0) is 31.2 Å². The van der Waals surface area contributed by atoms with Crippen LogP contribution in [0, 0.1) is 0 Å². The van der Waals surface area contributed by atoms with Crippen molar-refractivity contribution in [1.29, 1.82) is 0 Å². The number of carbonyl (C=O) groups is 2. The predicted molar refractivity (Wildman–Crippen MR) is 94.5 cm³/mol. The summed E-state index contributed by atoms with van der Waals surface area (Å²) in [6.07, 6.45) is 1.55. The summed E-state index contributed by atoms with van der Waals surface area (Å²) in [4.78, 5) is 24.0. The average molecular weight is 368 g/mol. The predicted octanol–water partition coefficient (Wildman–Crippen LogP) is 1.37.